The largest absolute Gasteiger partial charge is 0.244 e. The summed E-state index contributed by atoms with van der Waals surface area (Å²) in [5, 5.41) is 0. The van der Waals surface area contributed by atoms with E-state index in [1.807, 2.05) is 32.9 Å². The molecule has 128 valence electrons. The van der Waals surface area contributed by atoms with Crippen molar-refractivity contribution >= 4 is 10.0 Å². The van der Waals surface area contributed by atoms with Gasteiger partial charge < -0.3 is 0 Å². The highest BCUT2D eigenvalue weighted by Gasteiger charge is 2.37. The molecule has 0 aliphatic carbocycles. The van der Waals surface area contributed by atoms with E-state index >= 15 is 0 Å². The highest BCUT2D eigenvalue weighted by atomic mass is 32.2. The van der Waals surface area contributed by atoms with E-state index in [2.05, 4.69) is 0 Å². The Hall–Kier alpha value is -1.72. The molecular formula is C19H22FNO2S. The maximum Gasteiger partial charge on any atom is 0.244 e. The van der Waals surface area contributed by atoms with Gasteiger partial charge in [-0.2, -0.15) is 4.31 Å². The molecule has 2 aromatic carbocycles. The second kappa shape index (κ2) is 6.30. The second-order valence-electron chi connectivity index (χ2n) is 6.55. The average Bonchev–Trinajstić information content (AvgIpc) is 2.96. The SMILES string of the molecule is Cc1cc(C)c(S(=O)(=O)N2CCC[C@@H]2c2ccc(F)cc2)c(C)c1. The van der Waals surface area contributed by atoms with Crippen molar-refractivity contribution in [1.82, 2.24) is 4.31 Å². The summed E-state index contributed by atoms with van der Waals surface area (Å²) in [5.41, 5.74) is 3.45. The minimum atomic E-state index is -3.58. The van der Waals surface area contributed by atoms with Gasteiger partial charge in [0, 0.05) is 6.54 Å². The standard InChI is InChI=1S/C19H22FNO2S/c1-13-11-14(2)19(15(3)12-13)24(22,23)21-10-4-5-18(21)16-6-8-17(20)9-7-16/h6-9,11-12,18H,4-5,10H2,1-3H3/t18-/m1/s1. The highest BCUT2D eigenvalue weighted by molar-refractivity contribution is 7.89. The Kier molecular flexibility index (Phi) is 4.49. The van der Waals surface area contributed by atoms with E-state index in [4.69, 9.17) is 0 Å². The summed E-state index contributed by atoms with van der Waals surface area (Å²) >= 11 is 0. The normalized spacial score (nSPS) is 18.9. The van der Waals surface area contributed by atoms with Crippen LogP contribution in [0.15, 0.2) is 41.3 Å². The molecule has 0 bridgehead atoms. The average molecular weight is 347 g/mol. The minimum Gasteiger partial charge on any atom is -0.207 e. The molecule has 5 heteroatoms. The summed E-state index contributed by atoms with van der Waals surface area (Å²) < 4.78 is 41.3. The number of sulfonamides is 1. The van der Waals surface area contributed by atoms with Crippen LogP contribution < -0.4 is 0 Å². The van der Waals surface area contributed by atoms with Crippen LogP contribution in [0.4, 0.5) is 4.39 Å². The molecule has 0 amide bonds. The third kappa shape index (κ3) is 2.98. The molecule has 3 nitrogen and oxygen atoms in total. The predicted molar refractivity (Wildman–Crippen MR) is 92.9 cm³/mol. The van der Waals surface area contributed by atoms with Crippen LogP contribution in [0.1, 0.15) is 41.1 Å². The monoisotopic (exact) mass is 347 g/mol. The molecule has 1 aliphatic rings. The lowest BCUT2D eigenvalue weighted by atomic mass is 10.1. The lowest BCUT2D eigenvalue weighted by molar-refractivity contribution is 0.396. The van der Waals surface area contributed by atoms with E-state index in [0.29, 0.717) is 11.4 Å². The van der Waals surface area contributed by atoms with Gasteiger partial charge in [-0.3, -0.25) is 0 Å². The van der Waals surface area contributed by atoms with Gasteiger partial charge in [0.05, 0.1) is 10.9 Å². The van der Waals surface area contributed by atoms with Gasteiger partial charge in [-0.15, -0.1) is 0 Å². The summed E-state index contributed by atoms with van der Waals surface area (Å²) in [6.45, 7) is 6.15. The van der Waals surface area contributed by atoms with Gasteiger partial charge in [-0.25, -0.2) is 12.8 Å². The van der Waals surface area contributed by atoms with Crippen molar-refractivity contribution in [1.29, 1.82) is 0 Å². The third-order valence-electron chi connectivity index (χ3n) is 4.63. The van der Waals surface area contributed by atoms with Crippen molar-refractivity contribution < 1.29 is 12.8 Å². The Morgan fingerprint density at radius 2 is 1.62 bits per heavy atom. The van der Waals surface area contributed by atoms with Crippen LogP contribution >= 0.6 is 0 Å². The fraction of sp³-hybridized carbons (Fsp3) is 0.368. The molecule has 1 heterocycles. The Morgan fingerprint density at radius 1 is 1.04 bits per heavy atom. The quantitative estimate of drug-likeness (QED) is 0.831. The van der Waals surface area contributed by atoms with E-state index in [0.717, 1.165) is 35.1 Å². The zero-order chi connectivity index (χ0) is 17.5. The van der Waals surface area contributed by atoms with Gasteiger partial charge in [0.25, 0.3) is 0 Å². The van der Waals surface area contributed by atoms with Crippen LogP contribution in [-0.4, -0.2) is 19.3 Å². The molecule has 3 rings (SSSR count). The lowest BCUT2D eigenvalue weighted by Crippen LogP contribution is -2.31. The maximum atomic E-state index is 13.3. The molecule has 0 N–H and O–H groups in total. The minimum absolute atomic E-state index is 0.226. The molecular weight excluding hydrogens is 325 g/mol. The number of rotatable bonds is 3. The van der Waals surface area contributed by atoms with Gasteiger partial charge in [-0.1, -0.05) is 29.8 Å². The van der Waals surface area contributed by atoms with E-state index in [1.54, 1.807) is 16.4 Å². The fourth-order valence-electron chi connectivity index (χ4n) is 3.74. The number of halogens is 1. The van der Waals surface area contributed by atoms with Crippen molar-refractivity contribution in [2.24, 2.45) is 0 Å². The van der Waals surface area contributed by atoms with Crippen molar-refractivity contribution in [2.75, 3.05) is 6.54 Å². The summed E-state index contributed by atoms with van der Waals surface area (Å²) in [5.74, 6) is -0.309. The van der Waals surface area contributed by atoms with Crippen LogP contribution in [0.25, 0.3) is 0 Å². The molecule has 1 saturated heterocycles. The summed E-state index contributed by atoms with van der Waals surface area (Å²) in [6, 6.07) is 9.73. The summed E-state index contributed by atoms with van der Waals surface area (Å²) in [6.07, 6.45) is 1.57. The Balaban J connectivity index is 2.04. The molecule has 0 unspecified atom stereocenters. The molecule has 0 aromatic heterocycles. The van der Waals surface area contributed by atoms with Gasteiger partial charge in [0.1, 0.15) is 5.82 Å². The van der Waals surface area contributed by atoms with Gasteiger partial charge in [0.15, 0.2) is 0 Å². The molecule has 1 atom stereocenters. The van der Waals surface area contributed by atoms with Crippen LogP contribution in [0.2, 0.25) is 0 Å². The molecule has 1 aliphatic heterocycles. The van der Waals surface area contributed by atoms with Crippen molar-refractivity contribution in [3.63, 3.8) is 0 Å². The molecule has 0 saturated carbocycles. The van der Waals surface area contributed by atoms with Crippen LogP contribution in [-0.2, 0) is 10.0 Å². The number of hydrogen-bond acceptors (Lipinski definition) is 2. The van der Waals surface area contributed by atoms with Gasteiger partial charge in [0.2, 0.25) is 10.0 Å². The molecule has 2 aromatic rings. The second-order valence-corrected chi connectivity index (χ2v) is 8.38. The summed E-state index contributed by atoms with van der Waals surface area (Å²) in [4.78, 5) is 0.405. The first-order chi connectivity index (χ1) is 11.3. The van der Waals surface area contributed by atoms with Gasteiger partial charge in [-0.05, 0) is 62.4 Å². The van der Waals surface area contributed by atoms with Crippen molar-refractivity contribution in [3.8, 4) is 0 Å². The van der Waals surface area contributed by atoms with Crippen LogP contribution in [0, 0.1) is 26.6 Å². The molecule has 1 fully saturated rings. The van der Waals surface area contributed by atoms with Crippen molar-refractivity contribution in [3.05, 3.63) is 64.5 Å². The zero-order valence-electron chi connectivity index (χ0n) is 14.2. The first-order valence-electron chi connectivity index (χ1n) is 8.16. The fourth-order valence-corrected chi connectivity index (χ4v) is 5.83. The predicted octanol–water partition coefficient (Wildman–Crippen LogP) is 4.28. The van der Waals surface area contributed by atoms with E-state index < -0.39 is 10.0 Å². The number of nitrogens with zero attached hydrogens (tertiary/aromatic N) is 1. The van der Waals surface area contributed by atoms with E-state index in [1.165, 1.54) is 12.1 Å². The van der Waals surface area contributed by atoms with Crippen LogP contribution in [0.5, 0.6) is 0 Å². The van der Waals surface area contributed by atoms with Crippen LogP contribution in [0.3, 0.4) is 0 Å². The summed E-state index contributed by atoms with van der Waals surface area (Å²) in [7, 11) is -3.58. The third-order valence-corrected chi connectivity index (χ3v) is 6.84. The smallest absolute Gasteiger partial charge is 0.207 e. The van der Waals surface area contributed by atoms with E-state index in [9.17, 15) is 12.8 Å². The van der Waals surface area contributed by atoms with Gasteiger partial charge >= 0.3 is 0 Å². The number of benzene rings is 2. The Morgan fingerprint density at radius 3 is 2.21 bits per heavy atom. The molecule has 24 heavy (non-hydrogen) atoms. The van der Waals surface area contributed by atoms with E-state index in [-0.39, 0.29) is 11.9 Å². The first kappa shape index (κ1) is 17.1. The zero-order valence-corrected chi connectivity index (χ0v) is 15.0. The molecule has 0 radical (unpaired) electrons. The topological polar surface area (TPSA) is 37.4 Å². The highest BCUT2D eigenvalue weighted by Crippen LogP contribution is 2.38. The maximum absolute atomic E-state index is 13.3. The number of aryl methyl sites for hydroxylation is 3. The number of hydrogen-bond donors (Lipinski definition) is 0. The Bertz CT molecular complexity index is 836. The lowest BCUT2D eigenvalue weighted by Gasteiger charge is -2.26. The van der Waals surface area contributed by atoms with Crippen molar-refractivity contribution in [2.45, 2.75) is 44.6 Å². The molecule has 0 spiro atoms. The first-order valence-corrected chi connectivity index (χ1v) is 9.60. The Labute approximate surface area is 143 Å².